The average molecular weight is 247 g/mol. The molecule has 0 amide bonds. The van der Waals surface area contributed by atoms with Crippen molar-refractivity contribution < 1.29 is 0 Å². The Hall–Kier alpha value is -1.78. The van der Waals surface area contributed by atoms with E-state index < -0.39 is 0 Å². The Morgan fingerprint density at radius 1 is 1.33 bits per heavy atom. The molecule has 5 nitrogen and oxygen atoms in total. The van der Waals surface area contributed by atoms with Crippen molar-refractivity contribution in [1.29, 1.82) is 0 Å². The van der Waals surface area contributed by atoms with Crippen LogP contribution in [-0.4, -0.2) is 19.6 Å². The lowest BCUT2D eigenvalue weighted by Crippen LogP contribution is -2.09. The van der Waals surface area contributed by atoms with Crippen molar-refractivity contribution in [3.8, 4) is 0 Å². The number of rotatable bonds is 6. The van der Waals surface area contributed by atoms with Gasteiger partial charge in [0.1, 0.15) is 5.82 Å². The third-order valence-electron chi connectivity index (χ3n) is 2.99. The largest absolute Gasteiger partial charge is 0.363 e. The highest BCUT2D eigenvalue weighted by Gasteiger charge is 2.06. The third-order valence-corrected chi connectivity index (χ3v) is 2.99. The van der Waals surface area contributed by atoms with Crippen LogP contribution in [0, 0.1) is 6.92 Å². The van der Waals surface area contributed by atoms with Crippen molar-refractivity contribution in [3.63, 3.8) is 0 Å². The molecule has 0 spiro atoms. The van der Waals surface area contributed by atoms with Crippen LogP contribution in [0.3, 0.4) is 0 Å². The lowest BCUT2D eigenvalue weighted by Gasteiger charge is -2.07. The first-order valence-electron chi connectivity index (χ1n) is 6.53. The summed E-state index contributed by atoms with van der Waals surface area (Å²) in [6, 6.07) is 2.01. The molecular formula is C13H21N5. The number of aryl methyl sites for hydroxylation is 3. The molecule has 0 fully saturated rings. The Balaban J connectivity index is 1.99. The zero-order chi connectivity index (χ0) is 13.0. The second kappa shape index (κ2) is 5.71. The molecule has 0 bridgehead atoms. The van der Waals surface area contributed by atoms with Gasteiger partial charge in [-0.05, 0) is 25.8 Å². The van der Waals surface area contributed by atoms with Gasteiger partial charge in [0.2, 0.25) is 0 Å². The Morgan fingerprint density at radius 2 is 2.17 bits per heavy atom. The second-order valence-electron chi connectivity index (χ2n) is 4.41. The molecule has 0 atom stereocenters. The maximum atomic E-state index is 4.46. The van der Waals surface area contributed by atoms with Crippen molar-refractivity contribution in [2.45, 2.75) is 46.8 Å². The molecule has 0 saturated carbocycles. The van der Waals surface area contributed by atoms with Crippen LogP contribution in [0.5, 0.6) is 0 Å². The highest BCUT2D eigenvalue weighted by Crippen LogP contribution is 2.10. The van der Waals surface area contributed by atoms with Crippen LogP contribution in [0.4, 0.5) is 5.82 Å². The standard InChI is InChI=1S/C13H21N5/c1-4-7-17-8-6-13(16-17)14-10-12-11(3)9-15-18(12)5-2/h6,8-9H,4-5,7,10H2,1-3H3,(H,14,16). The van der Waals surface area contributed by atoms with Gasteiger partial charge in [-0.25, -0.2) is 0 Å². The van der Waals surface area contributed by atoms with Gasteiger partial charge in [0, 0.05) is 25.4 Å². The first kappa shape index (κ1) is 12.7. The fourth-order valence-electron chi connectivity index (χ4n) is 1.99. The molecule has 0 aliphatic rings. The van der Waals surface area contributed by atoms with E-state index in [1.807, 2.05) is 27.8 Å². The van der Waals surface area contributed by atoms with Gasteiger partial charge in [-0.3, -0.25) is 9.36 Å². The van der Waals surface area contributed by atoms with Crippen molar-refractivity contribution in [1.82, 2.24) is 19.6 Å². The highest BCUT2D eigenvalue weighted by molar-refractivity contribution is 5.33. The van der Waals surface area contributed by atoms with E-state index in [1.165, 1.54) is 11.3 Å². The summed E-state index contributed by atoms with van der Waals surface area (Å²) < 4.78 is 3.98. The van der Waals surface area contributed by atoms with Gasteiger partial charge >= 0.3 is 0 Å². The first-order valence-corrected chi connectivity index (χ1v) is 6.53. The van der Waals surface area contributed by atoms with E-state index in [9.17, 15) is 0 Å². The van der Waals surface area contributed by atoms with Crippen LogP contribution >= 0.6 is 0 Å². The molecular weight excluding hydrogens is 226 g/mol. The van der Waals surface area contributed by atoms with Gasteiger partial charge in [0.25, 0.3) is 0 Å². The van der Waals surface area contributed by atoms with Crippen LogP contribution < -0.4 is 5.32 Å². The minimum absolute atomic E-state index is 0.767. The number of aromatic nitrogens is 4. The number of nitrogens with zero attached hydrogens (tertiary/aromatic N) is 4. The van der Waals surface area contributed by atoms with E-state index in [4.69, 9.17) is 0 Å². The van der Waals surface area contributed by atoms with E-state index in [0.29, 0.717) is 0 Å². The predicted molar refractivity (Wildman–Crippen MR) is 72.5 cm³/mol. The van der Waals surface area contributed by atoms with Gasteiger partial charge in [-0.15, -0.1) is 0 Å². The van der Waals surface area contributed by atoms with Crippen molar-refractivity contribution in [2.24, 2.45) is 0 Å². The smallest absolute Gasteiger partial charge is 0.148 e. The number of hydrogen-bond acceptors (Lipinski definition) is 3. The average Bonchev–Trinajstić information content (AvgIpc) is 2.94. The summed E-state index contributed by atoms with van der Waals surface area (Å²) in [6.45, 7) is 8.97. The van der Waals surface area contributed by atoms with Crippen LogP contribution in [0.15, 0.2) is 18.5 Å². The zero-order valence-corrected chi connectivity index (χ0v) is 11.3. The normalized spacial score (nSPS) is 10.8. The van der Waals surface area contributed by atoms with Crippen molar-refractivity contribution >= 4 is 5.82 Å². The van der Waals surface area contributed by atoms with Gasteiger partial charge in [0.15, 0.2) is 0 Å². The van der Waals surface area contributed by atoms with E-state index in [2.05, 4.69) is 36.3 Å². The predicted octanol–water partition coefficient (Wildman–Crippen LogP) is 2.43. The van der Waals surface area contributed by atoms with E-state index in [1.54, 1.807) is 0 Å². The maximum Gasteiger partial charge on any atom is 0.148 e. The lowest BCUT2D eigenvalue weighted by molar-refractivity contribution is 0.602. The molecule has 0 aliphatic heterocycles. The summed E-state index contributed by atoms with van der Waals surface area (Å²) in [4.78, 5) is 0. The first-order chi connectivity index (χ1) is 8.74. The van der Waals surface area contributed by atoms with Crippen molar-refractivity contribution in [2.75, 3.05) is 5.32 Å². The molecule has 1 N–H and O–H groups in total. The summed E-state index contributed by atoms with van der Waals surface area (Å²) in [7, 11) is 0. The number of hydrogen-bond donors (Lipinski definition) is 1. The lowest BCUT2D eigenvalue weighted by atomic mass is 10.3. The van der Waals surface area contributed by atoms with E-state index >= 15 is 0 Å². The molecule has 18 heavy (non-hydrogen) atoms. The van der Waals surface area contributed by atoms with E-state index in [0.717, 1.165) is 31.9 Å². The SMILES string of the molecule is CCCn1ccc(NCc2c(C)cnn2CC)n1. The molecule has 2 heterocycles. The zero-order valence-electron chi connectivity index (χ0n) is 11.3. The molecule has 2 aromatic rings. The van der Waals surface area contributed by atoms with E-state index in [-0.39, 0.29) is 0 Å². The summed E-state index contributed by atoms with van der Waals surface area (Å²) in [6.07, 6.45) is 5.02. The molecule has 0 saturated heterocycles. The number of anilines is 1. The molecule has 0 unspecified atom stereocenters. The Labute approximate surface area is 108 Å². The number of nitrogens with one attached hydrogen (secondary N) is 1. The Kier molecular flexibility index (Phi) is 4.02. The summed E-state index contributed by atoms with van der Waals surface area (Å²) in [5.41, 5.74) is 2.44. The third kappa shape index (κ3) is 2.72. The second-order valence-corrected chi connectivity index (χ2v) is 4.41. The topological polar surface area (TPSA) is 47.7 Å². The van der Waals surface area contributed by atoms with Gasteiger partial charge < -0.3 is 5.32 Å². The molecule has 5 heteroatoms. The molecule has 98 valence electrons. The molecule has 0 radical (unpaired) electrons. The molecule has 0 aliphatic carbocycles. The monoisotopic (exact) mass is 247 g/mol. The summed E-state index contributed by atoms with van der Waals surface area (Å²) in [5, 5.41) is 12.1. The molecule has 2 aromatic heterocycles. The fourth-order valence-corrected chi connectivity index (χ4v) is 1.99. The van der Waals surface area contributed by atoms with Crippen LogP contribution in [0.2, 0.25) is 0 Å². The summed E-state index contributed by atoms with van der Waals surface area (Å²) >= 11 is 0. The minimum atomic E-state index is 0.767. The molecule has 0 aromatic carbocycles. The highest BCUT2D eigenvalue weighted by atomic mass is 15.3. The van der Waals surface area contributed by atoms with Crippen LogP contribution in [0.25, 0.3) is 0 Å². The van der Waals surface area contributed by atoms with Gasteiger partial charge in [-0.1, -0.05) is 6.92 Å². The Bertz CT molecular complexity index is 497. The fraction of sp³-hybridized carbons (Fsp3) is 0.538. The van der Waals surface area contributed by atoms with Crippen LogP contribution in [-0.2, 0) is 19.6 Å². The van der Waals surface area contributed by atoms with Crippen molar-refractivity contribution in [3.05, 3.63) is 29.7 Å². The minimum Gasteiger partial charge on any atom is -0.363 e. The quantitative estimate of drug-likeness (QED) is 0.853. The van der Waals surface area contributed by atoms with Crippen LogP contribution in [0.1, 0.15) is 31.5 Å². The van der Waals surface area contributed by atoms with Gasteiger partial charge in [-0.2, -0.15) is 10.2 Å². The molecule has 2 rings (SSSR count). The maximum absolute atomic E-state index is 4.46. The summed E-state index contributed by atoms with van der Waals surface area (Å²) in [5.74, 6) is 0.923. The Morgan fingerprint density at radius 3 is 2.89 bits per heavy atom. The van der Waals surface area contributed by atoms with Gasteiger partial charge in [0.05, 0.1) is 18.4 Å².